The molecule has 9 heteroatoms. The molecule has 0 saturated heterocycles. The number of likely N-dealkylation sites (N-methyl/N-ethyl adjacent to an activating group) is 1. The summed E-state index contributed by atoms with van der Waals surface area (Å²) in [6.45, 7) is -0.337. The summed E-state index contributed by atoms with van der Waals surface area (Å²) in [5.74, 6) is 0. The van der Waals surface area contributed by atoms with Crippen molar-refractivity contribution in [3.63, 3.8) is 0 Å². The number of rotatable bonds is 7. The molecule has 4 atom stereocenters. The second kappa shape index (κ2) is 12.7. The Morgan fingerprint density at radius 3 is 1.15 bits per heavy atom. The van der Waals surface area contributed by atoms with Gasteiger partial charge in [-0.3, -0.25) is 0 Å². The predicted molar refractivity (Wildman–Crippen MR) is 68.2 cm³/mol. The zero-order valence-electron chi connectivity index (χ0n) is 12.1. The zero-order chi connectivity index (χ0) is 15.6. The maximum atomic E-state index is 8.96. The van der Waals surface area contributed by atoms with Gasteiger partial charge < -0.3 is 52.6 Å². The smallest absolute Gasteiger partial charge is 0.111 e. The van der Waals surface area contributed by atoms with Crippen molar-refractivity contribution in [2.75, 3.05) is 47.5 Å². The van der Waals surface area contributed by atoms with Crippen molar-refractivity contribution in [2.45, 2.75) is 24.4 Å². The van der Waals surface area contributed by atoms with Crippen molar-refractivity contribution >= 4 is 0 Å². The van der Waals surface area contributed by atoms with E-state index in [4.69, 9.17) is 35.7 Å². The lowest BCUT2D eigenvalue weighted by atomic mass is 10.0. The maximum absolute atomic E-state index is 8.96. The highest BCUT2D eigenvalue weighted by atomic mass is 35.5. The quantitative estimate of drug-likeness (QED) is 0.231. The Labute approximate surface area is 125 Å². The average molecular weight is 322 g/mol. The van der Waals surface area contributed by atoms with Crippen molar-refractivity contribution in [1.29, 1.82) is 0 Å². The van der Waals surface area contributed by atoms with E-state index in [1.807, 2.05) is 0 Å². The van der Waals surface area contributed by atoms with E-state index in [1.54, 1.807) is 0 Å². The van der Waals surface area contributed by atoms with Crippen molar-refractivity contribution in [3.05, 3.63) is 0 Å². The summed E-state index contributed by atoms with van der Waals surface area (Å²) in [5, 5.41) is 60.6. The Morgan fingerprint density at radius 1 is 0.750 bits per heavy atom. The molecule has 0 rings (SSSR count). The van der Waals surface area contributed by atoms with Gasteiger partial charge in [0, 0.05) is 0 Å². The monoisotopic (exact) mass is 321 g/mol. The van der Waals surface area contributed by atoms with Crippen LogP contribution in [0.3, 0.4) is 0 Å². The van der Waals surface area contributed by atoms with Gasteiger partial charge >= 0.3 is 0 Å². The van der Waals surface area contributed by atoms with Gasteiger partial charge in [-0.15, -0.1) is 0 Å². The first-order valence-electron chi connectivity index (χ1n) is 5.96. The molecule has 7 N–H and O–H groups in total. The molecular weight excluding hydrogens is 294 g/mol. The molecule has 0 amide bonds. The van der Waals surface area contributed by atoms with E-state index in [1.165, 1.54) is 0 Å². The summed E-state index contributed by atoms with van der Waals surface area (Å²) >= 11 is 0. The predicted octanol–water partition coefficient (Wildman–Crippen LogP) is -6.90. The fourth-order valence-electron chi connectivity index (χ4n) is 0.971. The molecule has 8 nitrogen and oxygen atoms in total. The summed E-state index contributed by atoms with van der Waals surface area (Å²) in [6, 6.07) is 0. The Morgan fingerprint density at radius 2 is 1.05 bits per heavy atom. The maximum Gasteiger partial charge on any atom is 0.111 e. The van der Waals surface area contributed by atoms with Gasteiger partial charge in [-0.2, -0.15) is 0 Å². The molecule has 0 saturated carbocycles. The van der Waals surface area contributed by atoms with Crippen molar-refractivity contribution in [1.82, 2.24) is 0 Å². The Hall–Kier alpha value is -0.0300. The number of hydrogen-bond donors (Lipinski definition) is 7. The van der Waals surface area contributed by atoms with E-state index < -0.39 is 37.6 Å². The molecule has 126 valence electrons. The lowest BCUT2D eigenvalue weighted by Crippen LogP contribution is -3.00. The summed E-state index contributed by atoms with van der Waals surface area (Å²) in [6.07, 6.45) is -6.39. The summed E-state index contributed by atoms with van der Waals surface area (Å²) < 4.78 is 0.844. The van der Waals surface area contributed by atoms with Crippen LogP contribution in [0.25, 0.3) is 0 Å². The van der Waals surface area contributed by atoms with Crippen LogP contribution in [0.1, 0.15) is 0 Å². The lowest BCUT2D eigenvalue weighted by molar-refractivity contribution is -0.870. The van der Waals surface area contributed by atoms with Crippen LogP contribution in [0.2, 0.25) is 0 Å². The largest absolute Gasteiger partial charge is 1.00 e. The number of aliphatic hydroxyl groups is 7. The molecule has 0 aromatic carbocycles. The van der Waals surface area contributed by atoms with E-state index in [-0.39, 0.29) is 19.0 Å². The fraction of sp³-hybridized carbons (Fsp3) is 1.00. The Balaban J connectivity index is -0.000000312. The van der Waals surface area contributed by atoms with Gasteiger partial charge in [-0.25, -0.2) is 0 Å². The van der Waals surface area contributed by atoms with Gasteiger partial charge in [0.05, 0.1) is 41.0 Å². The average Bonchev–Trinajstić information content (AvgIpc) is 2.34. The molecule has 0 aliphatic heterocycles. The number of halogens is 1. The highest BCUT2D eigenvalue weighted by Crippen LogP contribution is 2.04. The van der Waals surface area contributed by atoms with Crippen LogP contribution in [0, 0.1) is 0 Å². The molecule has 0 aromatic rings. The van der Waals surface area contributed by atoms with E-state index in [9.17, 15) is 0 Å². The van der Waals surface area contributed by atoms with Crippen LogP contribution >= 0.6 is 0 Å². The van der Waals surface area contributed by atoms with E-state index in [2.05, 4.69) is 21.1 Å². The molecule has 0 spiro atoms. The van der Waals surface area contributed by atoms with Gasteiger partial charge in [-0.05, 0) is 0 Å². The molecule has 20 heavy (non-hydrogen) atoms. The van der Waals surface area contributed by atoms with Gasteiger partial charge in [0.1, 0.15) is 31.0 Å². The minimum Gasteiger partial charge on any atom is -1.00 e. The lowest BCUT2D eigenvalue weighted by Gasteiger charge is -2.24. The van der Waals surface area contributed by atoms with Gasteiger partial charge in [0.2, 0.25) is 0 Å². The Kier molecular flexibility index (Phi) is 15.8. The number of nitrogens with zero attached hydrogens (tertiary/aromatic N) is 1. The molecule has 0 radical (unpaired) electrons. The first-order valence-corrected chi connectivity index (χ1v) is 5.96. The van der Waals surface area contributed by atoms with Gasteiger partial charge in [0.25, 0.3) is 0 Å². The van der Waals surface area contributed by atoms with Crippen molar-refractivity contribution < 1.29 is 52.6 Å². The third-order valence-corrected chi connectivity index (χ3v) is 2.28. The van der Waals surface area contributed by atoms with Crippen molar-refractivity contribution in [2.24, 2.45) is 0 Å². The van der Waals surface area contributed by atoms with Crippen LogP contribution in [-0.4, -0.2) is 112 Å². The summed E-state index contributed by atoms with van der Waals surface area (Å²) in [4.78, 5) is 0. The van der Waals surface area contributed by atoms with Crippen LogP contribution in [-0.2, 0) is 0 Å². The van der Waals surface area contributed by atoms with Crippen molar-refractivity contribution in [3.8, 4) is 0 Å². The molecular formula is C11H28ClNO7. The highest BCUT2D eigenvalue weighted by molar-refractivity contribution is 4.79. The fourth-order valence-corrected chi connectivity index (χ4v) is 0.971. The van der Waals surface area contributed by atoms with Crippen LogP contribution in [0.15, 0.2) is 0 Å². The molecule has 0 aliphatic rings. The van der Waals surface area contributed by atoms with Crippen LogP contribution < -0.4 is 12.4 Å². The minimum atomic E-state index is -1.67. The molecule has 0 heterocycles. The topological polar surface area (TPSA) is 142 Å². The van der Waals surface area contributed by atoms with E-state index in [0.29, 0.717) is 0 Å². The molecule has 0 unspecified atom stereocenters. The first-order chi connectivity index (χ1) is 8.60. The molecule has 0 bridgehead atoms. The zero-order valence-corrected chi connectivity index (χ0v) is 12.8. The Bertz CT molecular complexity index is 201. The summed E-state index contributed by atoms with van der Waals surface area (Å²) in [5.41, 5.74) is 0. The summed E-state index contributed by atoms with van der Waals surface area (Å²) in [7, 11) is 6.16. The molecule has 0 fully saturated rings. The minimum absolute atomic E-state index is 0. The third kappa shape index (κ3) is 13.0. The molecule has 0 aromatic heterocycles. The van der Waals surface area contributed by atoms with Gasteiger partial charge in [-0.1, -0.05) is 0 Å². The molecule has 0 aliphatic carbocycles. The first kappa shape index (κ1) is 25.0. The van der Waals surface area contributed by atoms with E-state index >= 15 is 0 Å². The van der Waals surface area contributed by atoms with Gasteiger partial charge in [0.15, 0.2) is 0 Å². The van der Waals surface area contributed by atoms with E-state index in [0.717, 1.165) is 11.0 Å². The number of aliphatic hydroxyl groups excluding tert-OH is 7. The standard InChI is InChI=1S/C6H14O6.C5H14NO.ClH/c7-1-3(9)5(11)6(12)4(10)2-8;1-6(2,3)4-5-7;/h3-12H,1-2H2;7H,4-5H2,1-3H3;1H/q;+1;/p-1/t3-,4+,5-,6-;;/m1../s1. The number of hydrogen-bond acceptors (Lipinski definition) is 7. The second-order valence-corrected chi connectivity index (χ2v) is 5.22. The highest BCUT2D eigenvalue weighted by Gasteiger charge is 2.29. The number of quaternary nitrogens is 1. The normalized spacial score (nSPS) is 17.1. The third-order valence-electron chi connectivity index (χ3n) is 2.28. The second-order valence-electron chi connectivity index (χ2n) is 5.22. The van der Waals surface area contributed by atoms with Crippen LogP contribution in [0.5, 0.6) is 0 Å². The SMILES string of the molecule is C[N+](C)(C)CCO.OC[C@@H](O)[C@@H](O)[C@H](O)[C@@H](O)CO.[Cl-]. The van der Waals surface area contributed by atoms with Crippen LogP contribution in [0.4, 0.5) is 0 Å².